The summed E-state index contributed by atoms with van der Waals surface area (Å²) in [5.41, 5.74) is 1.50. The van der Waals surface area contributed by atoms with Gasteiger partial charge in [0.1, 0.15) is 0 Å². The van der Waals surface area contributed by atoms with Gasteiger partial charge in [0.25, 0.3) is 0 Å². The molecule has 0 nitrogen and oxygen atoms in total. The van der Waals surface area contributed by atoms with Crippen LogP contribution in [0, 0.1) is 5.92 Å². The molecular formula is C19H22. The van der Waals surface area contributed by atoms with Gasteiger partial charge in [0.2, 0.25) is 0 Å². The molecule has 3 aromatic rings. The highest BCUT2D eigenvalue weighted by Crippen LogP contribution is 2.30. The second kappa shape index (κ2) is 5.44. The van der Waals surface area contributed by atoms with Gasteiger partial charge >= 0.3 is 0 Å². The molecule has 0 radical (unpaired) electrons. The van der Waals surface area contributed by atoms with E-state index in [4.69, 9.17) is 0 Å². The molecule has 3 rings (SSSR count). The highest BCUT2D eigenvalue weighted by atomic mass is 14.1. The molecule has 19 heavy (non-hydrogen) atoms. The molecule has 0 bridgehead atoms. The molecule has 0 spiro atoms. The van der Waals surface area contributed by atoms with Crippen molar-refractivity contribution >= 4 is 21.5 Å². The zero-order valence-corrected chi connectivity index (χ0v) is 11.0. The fourth-order valence-electron chi connectivity index (χ4n) is 2.74. The summed E-state index contributed by atoms with van der Waals surface area (Å²) in [6, 6.07) is 19.7. The van der Waals surface area contributed by atoms with Crippen molar-refractivity contribution in [1.29, 1.82) is 0 Å². The van der Waals surface area contributed by atoms with Crippen molar-refractivity contribution in [2.45, 2.75) is 27.7 Å². The van der Waals surface area contributed by atoms with Gasteiger partial charge in [-0.3, -0.25) is 0 Å². The van der Waals surface area contributed by atoms with Gasteiger partial charge in [0.15, 0.2) is 0 Å². The summed E-state index contributed by atoms with van der Waals surface area (Å²) in [5.74, 6) is 0.680. The zero-order chi connectivity index (χ0) is 12.5. The third kappa shape index (κ3) is 2.49. The first-order chi connectivity index (χ1) is 8.75. The molecule has 0 aliphatic heterocycles. The fraction of sp³-hybridized carbons (Fsp3) is 0.263. The van der Waals surface area contributed by atoms with E-state index in [0.29, 0.717) is 5.92 Å². The van der Waals surface area contributed by atoms with Gasteiger partial charge in [0.05, 0.1) is 0 Å². The minimum absolute atomic E-state index is 0. The van der Waals surface area contributed by atoms with E-state index in [-0.39, 0.29) is 7.43 Å². The molecule has 0 unspecified atom stereocenters. The standard InChI is InChI=1S/C18H18.CH4/c1-13(2)11-18-16-9-5-3-7-14(16)12-15-8-4-6-10-17(15)18;/h3-10,12-13H,11H2,1-2H3;1H4. The molecule has 0 N–H and O–H groups in total. The topological polar surface area (TPSA) is 0 Å². The Bertz CT molecular complexity index is 639. The molecular weight excluding hydrogens is 228 g/mol. The molecule has 0 aliphatic carbocycles. The summed E-state index contributed by atoms with van der Waals surface area (Å²) in [6.45, 7) is 4.58. The van der Waals surface area contributed by atoms with Gasteiger partial charge in [-0.2, -0.15) is 0 Å². The predicted molar refractivity (Wildman–Crippen MR) is 86.7 cm³/mol. The third-order valence-corrected chi connectivity index (χ3v) is 3.50. The van der Waals surface area contributed by atoms with E-state index in [0.717, 1.165) is 6.42 Å². The molecule has 0 atom stereocenters. The van der Waals surface area contributed by atoms with Crippen LogP contribution in [-0.4, -0.2) is 0 Å². The average molecular weight is 250 g/mol. The van der Waals surface area contributed by atoms with E-state index in [9.17, 15) is 0 Å². The van der Waals surface area contributed by atoms with Crippen LogP contribution in [-0.2, 0) is 6.42 Å². The van der Waals surface area contributed by atoms with Crippen molar-refractivity contribution in [2.75, 3.05) is 0 Å². The molecule has 0 fully saturated rings. The Morgan fingerprint density at radius 1 is 0.789 bits per heavy atom. The van der Waals surface area contributed by atoms with Gasteiger partial charge in [-0.15, -0.1) is 0 Å². The maximum absolute atomic E-state index is 2.30. The predicted octanol–water partition coefficient (Wildman–Crippen LogP) is 5.83. The first kappa shape index (κ1) is 13.6. The van der Waals surface area contributed by atoms with Crippen molar-refractivity contribution in [3.8, 4) is 0 Å². The minimum Gasteiger partial charge on any atom is -0.0776 e. The smallest absolute Gasteiger partial charge is 0.0145 e. The summed E-state index contributed by atoms with van der Waals surface area (Å²) in [5, 5.41) is 5.52. The number of hydrogen-bond acceptors (Lipinski definition) is 0. The molecule has 98 valence electrons. The number of rotatable bonds is 2. The van der Waals surface area contributed by atoms with Crippen LogP contribution < -0.4 is 0 Å². The summed E-state index contributed by atoms with van der Waals surface area (Å²) < 4.78 is 0. The highest BCUT2D eigenvalue weighted by molar-refractivity contribution is 6.02. The Hall–Kier alpha value is -1.82. The van der Waals surface area contributed by atoms with Crippen LogP contribution in [0.15, 0.2) is 54.6 Å². The number of benzene rings is 3. The maximum Gasteiger partial charge on any atom is -0.0145 e. The van der Waals surface area contributed by atoms with E-state index >= 15 is 0 Å². The van der Waals surface area contributed by atoms with Gasteiger partial charge in [-0.05, 0) is 45.5 Å². The summed E-state index contributed by atoms with van der Waals surface area (Å²) in [6.07, 6.45) is 1.14. The molecule has 0 aromatic heterocycles. The van der Waals surface area contributed by atoms with Crippen molar-refractivity contribution < 1.29 is 0 Å². The van der Waals surface area contributed by atoms with Gasteiger partial charge in [-0.1, -0.05) is 69.8 Å². The van der Waals surface area contributed by atoms with E-state index < -0.39 is 0 Å². The van der Waals surface area contributed by atoms with Crippen LogP contribution in [0.4, 0.5) is 0 Å². The SMILES string of the molecule is C.CC(C)Cc1c2ccccc2cc2ccccc12. The third-order valence-electron chi connectivity index (χ3n) is 3.50. The number of hydrogen-bond donors (Lipinski definition) is 0. The van der Waals surface area contributed by atoms with E-state index in [1.165, 1.54) is 27.1 Å². The first-order valence-electron chi connectivity index (χ1n) is 6.65. The number of fused-ring (bicyclic) bond motifs is 2. The Balaban J connectivity index is 0.00000133. The van der Waals surface area contributed by atoms with E-state index in [1.807, 2.05) is 0 Å². The van der Waals surface area contributed by atoms with E-state index in [2.05, 4.69) is 68.4 Å². The first-order valence-corrected chi connectivity index (χ1v) is 6.65. The van der Waals surface area contributed by atoms with Crippen LogP contribution >= 0.6 is 0 Å². The summed E-state index contributed by atoms with van der Waals surface area (Å²) in [4.78, 5) is 0. The molecule has 3 aromatic carbocycles. The van der Waals surface area contributed by atoms with Crippen LogP contribution in [0.25, 0.3) is 21.5 Å². The Kier molecular flexibility index (Phi) is 3.90. The zero-order valence-electron chi connectivity index (χ0n) is 11.0. The molecule has 0 saturated heterocycles. The van der Waals surface area contributed by atoms with Crippen molar-refractivity contribution in [3.63, 3.8) is 0 Å². The second-order valence-electron chi connectivity index (χ2n) is 5.40. The fourth-order valence-corrected chi connectivity index (χ4v) is 2.74. The van der Waals surface area contributed by atoms with Gasteiger partial charge < -0.3 is 0 Å². The molecule has 0 saturated carbocycles. The molecule has 0 heterocycles. The monoisotopic (exact) mass is 250 g/mol. The quantitative estimate of drug-likeness (QED) is 0.502. The lowest BCUT2D eigenvalue weighted by molar-refractivity contribution is 0.653. The van der Waals surface area contributed by atoms with Crippen LogP contribution in [0.3, 0.4) is 0 Å². The van der Waals surface area contributed by atoms with Crippen molar-refractivity contribution in [3.05, 3.63) is 60.2 Å². The highest BCUT2D eigenvalue weighted by Gasteiger charge is 2.08. The minimum atomic E-state index is 0. The average Bonchev–Trinajstić information content (AvgIpc) is 2.38. The lowest BCUT2D eigenvalue weighted by Crippen LogP contribution is -1.96. The van der Waals surface area contributed by atoms with Crippen molar-refractivity contribution in [2.24, 2.45) is 5.92 Å². The van der Waals surface area contributed by atoms with Crippen LogP contribution in [0.2, 0.25) is 0 Å². The largest absolute Gasteiger partial charge is 0.0776 e. The summed E-state index contributed by atoms with van der Waals surface area (Å²) in [7, 11) is 0. The van der Waals surface area contributed by atoms with Gasteiger partial charge in [-0.25, -0.2) is 0 Å². The normalized spacial score (nSPS) is 10.9. The lowest BCUT2D eigenvalue weighted by atomic mass is 9.91. The molecule has 0 heteroatoms. The van der Waals surface area contributed by atoms with Crippen molar-refractivity contribution in [1.82, 2.24) is 0 Å². The molecule has 0 amide bonds. The van der Waals surface area contributed by atoms with Crippen LogP contribution in [0.1, 0.15) is 26.8 Å². The molecule has 0 aliphatic rings. The summed E-state index contributed by atoms with van der Waals surface area (Å²) >= 11 is 0. The van der Waals surface area contributed by atoms with Gasteiger partial charge in [0, 0.05) is 0 Å². The Labute approximate surface area is 116 Å². The maximum atomic E-state index is 2.30. The Morgan fingerprint density at radius 2 is 1.26 bits per heavy atom. The van der Waals surface area contributed by atoms with E-state index in [1.54, 1.807) is 0 Å². The Morgan fingerprint density at radius 3 is 1.74 bits per heavy atom. The second-order valence-corrected chi connectivity index (χ2v) is 5.40. The lowest BCUT2D eigenvalue weighted by Gasteiger charge is -2.13. The van der Waals surface area contributed by atoms with Crippen LogP contribution in [0.5, 0.6) is 0 Å².